The van der Waals surface area contributed by atoms with Gasteiger partial charge in [0.25, 0.3) is 0 Å². The van der Waals surface area contributed by atoms with E-state index in [1.807, 2.05) is 30.3 Å². The first kappa shape index (κ1) is 27.7. The Kier molecular flexibility index (Phi) is 10.9. The van der Waals surface area contributed by atoms with Crippen LogP contribution in [0.2, 0.25) is 0 Å². The lowest BCUT2D eigenvalue weighted by atomic mass is 9.89. The smallest absolute Gasteiger partial charge is 0.370 e. The highest BCUT2D eigenvalue weighted by molar-refractivity contribution is 8.14. The number of carbonyl (C=O) groups excluding carboxylic acids is 4. The minimum atomic E-state index is -1.10. The molecule has 0 heterocycles. The molecule has 2 rings (SSSR count). The van der Waals surface area contributed by atoms with E-state index in [4.69, 9.17) is 14.2 Å². The monoisotopic (exact) mass is 495 g/mol. The average molecular weight is 496 g/mol. The van der Waals surface area contributed by atoms with Gasteiger partial charge in [-0.05, 0) is 44.0 Å². The van der Waals surface area contributed by atoms with Crippen LogP contribution in [-0.2, 0) is 35.2 Å². The number of amides is 1. The standard InChI is InChI=1S/C25H35NO7S.H2/c1-17(2)21(27)26-20(23(29)31-15-18-11-7-5-8-12-18)25(3,4)34-24(30)33-16-32-22(28)19-13-9-6-10-14-19;/h5,7-8,11-12,17,19-20H,6,9-10,13-16H2,1-4H3,(H,26,27);1H/t20-;/m0./s1. The van der Waals surface area contributed by atoms with E-state index in [1.165, 1.54) is 0 Å². The van der Waals surface area contributed by atoms with Gasteiger partial charge in [-0.3, -0.25) is 9.59 Å². The predicted octanol–water partition coefficient (Wildman–Crippen LogP) is 4.85. The molecule has 190 valence electrons. The summed E-state index contributed by atoms with van der Waals surface area (Å²) in [5.74, 6) is -1.87. The second kappa shape index (κ2) is 13.4. The molecule has 1 amide bonds. The Morgan fingerprint density at radius 1 is 1.03 bits per heavy atom. The van der Waals surface area contributed by atoms with Crippen molar-refractivity contribution < 1.29 is 34.8 Å². The van der Waals surface area contributed by atoms with Crippen LogP contribution in [-0.4, -0.2) is 40.7 Å². The summed E-state index contributed by atoms with van der Waals surface area (Å²) in [6.45, 7) is 6.24. The van der Waals surface area contributed by atoms with Gasteiger partial charge in [-0.15, -0.1) is 0 Å². The van der Waals surface area contributed by atoms with Crippen LogP contribution in [0, 0.1) is 11.8 Å². The van der Waals surface area contributed by atoms with E-state index in [0.29, 0.717) is 0 Å². The maximum Gasteiger partial charge on any atom is 0.370 e. The van der Waals surface area contributed by atoms with Gasteiger partial charge >= 0.3 is 17.2 Å². The van der Waals surface area contributed by atoms with Crippen LogP contribution in [0.1, 0.15) is 66.8 Å². The summed E-state index contributed by atoms with van der Waals surface area (Å²) in [5, 5.41) is 1.97. The SMILES string of the molecule is CC(C)C(=O)N[C@@H](C(=O)OCc1ccccc1)C(C)(C)SC(=O)OCOC(=O)C1CCCCC1.[HH]. The van der Waals surface area contributed by atoms with E-state index in [-0.39, 0.29) is 31.7 Å². The van der Waals surface area contributed by atoms with Crippen LogP contribution in [0.15, 0.2) is 30.3 Å². The van der Waals surface area contributed by atoms with Gasteiger partial charge in [-0.2, -0.15) is 0 Å². The molecule has 0 aliphatic heterocycles. The molecule has 0 bridgehead atoms. The molecule has 8 nitrogen and oxygen atoms in total. The molecule has 1 fully saturated rings. The number of thioether (sulfide) groups is 1. The number of rotatable bonds is 10. The molecular formula is C25H37NO7S. The second-order valence-electron chi connectivity index (χ2n) is 9.21. The van der Waals surface area contributed by atoms with Gasteiger partial charge in [-0.1, -0.05) is 63.4 Å². The summed E-state index contributed by atoms with van der Waals surface area (Å²) in [7, 11) is 0. The molecule has 0 radical (unpaired) electrons. The number of ether oxygens (including phenoxy) is 3. The lowest BCUT2D eigenvalue weighted by Gasteiger charge is -2.32. The third-order valence-electron chi connectivity index (χ3n) is 5.63. The highest BCUT2D eigenvalue weighted by Crippen LogP contribution is 2.31. The number of nitrogens with one attached hydrogen (secondary N) is 1. The highest BCUT2D eigenvalue weighted by atomic mass is 32.2. The van der Waals surface area contributed by atoms with Gasteiger partial charge in [0.1, 0.15) is 12.6 Å². The lowest BCUT2D eigenvalue weighted by Crippen LogP contribution is -2.54. The molecule has 0 saturated heterocycles. The van der Waals surface area contributed by atoms with Crippen LogP contribution in [0.4, 0.5) is 4.79 Å². The van der Waals surface area contributed by atoms with Crippen LogP contribution in [0.5, 0.6) is 0 Å². The van der Waals surface area contributed by atoms with E-state index < -0.39 is 28.9 Å². The number of esters is 2. The Bertz CT molecular complexity index is 841. The van der Waals surface area contributed by atoms with E-state index in [0.717, 1.165) is 49.4 Å². The van der Waals surface area contributed by atoms with Crippen LogP contribution in [0.25, 0.3) is 0 Å². The summed E-state index contributed by atoms with van der Waals surface area (Å²) in [6, 6.07) is 8.06. The fourth-order valence-corrected chi connectivity index (χ4v) is 4.34. The van der Waals surface area contributed by atoms with E-state index in [1.54, 1.807) is 27.7 Å². The zero-order chi connectivity index (χ0) is 25.1. The molecule has 1 aromatic rings. The average Bonchev–Trinajstić information content (AvgIpc) is 2.81. The maximum atomic E-state index is 12.9. The summed E-state index contributed by atoms with van der Waals surface area (Å²) >= 11 is 0.733. The fourth-order valence-electron chi connectivity index (χ4n) is 3.53. The first-order chi connectivity index (χ1) is 16.1. The molecule has 1 aliphatic rings. The van der Waals surface area contributed by atoms with Gasteiger partial charge in [0.05, 0.1) is 10.7 Å². The maximum absolute atomic E-state index is 12.9. The molecule has 34 heavy (non-hydrogen) atoms. The normalized spacial score (nSPS) is 15.3. The molecule has 1 saturated carbocycles. The Hall–Kier alpha value is -2.55. The topological polar surface area (TPSA) is 108 Å². The lowest BCUT2D eigenvalue weighted by molar-refractivity contribution is -0.157. The first-order valence-electron chi connectivity index (χ1n) is 11.6. The van der Waals surface area contributed by atoms with Crippen molar-refractivity contribution in [2.24, 2.45) is 11.8 Å². The van der Waals surface area contributed by atoms with Gasteiger partial charge in [0, 0.05) is 7.34 Å². The molecule has 1 aromatic carbocycles. The molecule has 0 aromatic heterocycles. The largest absolute Gasteiger partial charge is 0.459 e. The van der Waals surface area contributed by atoms with E-state index in [2.05, 4.69) is 5.32 Å². The molecule has 0 spiro atoms. The minimum absolute atomic E-state index is 0. The Morgan fingerprint density at radius 2 is 1.68 bits per heavy atom. The van der Waals surface area contributed by atoms with Crippen LogP contribution in [0.3, 0.4) is 0 Å². The Labute approximate surface area is 207 Å². The molecule has 1 N–H and O–H groups in total. The Balaban J connectivity index is 0.00000612. The summed E-state index contributed by atoms with van der Waals surface area (Å²) in [4.78, 5) is 49.8. The molecule has 0 unspecified atom stereocenters. The zero-order valence-electron chi connectivity index (χ0n) is 20.3. The summed E-state index contributed by atoms with van der Waals surface area (Å²) < 4.78 is 14.5. The van der Waals surface area contributed by atoms with Gasteiger partial charge in [0.15, 0.2) is 0 Å². The Morgan fingerprint density at radius 3 is 2.29 bits per heavy atom. The van der Waals surface area contributed by atoms with Crippen LogP contribution >= 0.6 is 11.8 Å². The fraction of sp³-hybridized carbons (Fsp3) is 0.600. The number of benzene rings is 1. The van der Waals surface area contributed by atoms with Crippen molar-refractivity contribution in [3.05, 3.63) is 35.9 Å². The number of hydrogen-bond donors (Lipinski definition) is 1. The first-order valence-corrected chi connectivity index (χ1v) is 12.4. The number of carbonyl (C=O) groups is 4. The summed E-state index contributed by atoms with van der Waals surface area (Å²) in [5.41, 5.74) is 0.800. The van der Waals surface area contributed by atoms with E-state index in [9.17, 15) is 19.2 Å². The minimum Gasteiger partial charge on any atom is -0.459 e. The third kappa shape index (κ3) is 9.00. The highest BCUT2D eigenvalue weighted by Gasteiger charge is 2.41. The zero-order valence-corrected chi connectivity index (χ0v) is 21.2. The second-order valence-corrected chi connectivity index (χ2v) is 10.8. The molecule has 1 atom stereocenters. The van der Waals surface area contributed by atoms with Gasteiger partial charge in [-0.25, -0.2) is 9.59 Å². The van der Waals surface area contributed by atoms with Crippen LogP contribution < -0.4 is 5.32 Å². The third-order valence-corrected chi connectivity index (χ3v) is 6.67. The summed E-state index contributed by atoms with van der Waals surface area (Å²) in [6.07, 6.45) is 4.68. The molecular weight excluding hydrogens is 458 g/mol. The van der Waals surface area contributed by atoms with Crippen molar-refractivity contribution in [3.63, 3.8) is 0 Å². The number of hydrogen-bond acceptors (Lipinski definition) is 8. The van der Waals surface area contributed by atoms with Crippen molar-refractivity contribution in [3.8, 4) is 0 Å². The van der Waals surface area contributed by atoms with Crippen molar-refractivity contribution in [2.75, 3.05) is 6.79 Å². The van der Waals surface area contributed by atoms with Crippen molar-refractivity contribution in [2.45, 2.75) is 77.2 Å². The quantitative estimate of drug-likeness (QED) is 0.363. The van der Waals surface area contributed by atoms with Crippen molar-refractivity contribution in [1.82, 2.24) is 5.32 Å². The van der Waals surface area contributed by atoms with Crippen molar-refractivity contribution >= 4 is 34.9 Å². The van der Waals surface area contributed by atoms with E-state index >= 15 is 0 Å². The molecule has 9 heteroatoms. The predicted molar refractivity (Wildman–Crippen MR) is 131 cm³/mol. The molecule has 1 aliphatic carbocycles. The van der Waals surface area contributed by atoms with Crippen molar-refractivity contribution in [1.29, 1.82) is 0 Å². The van der Waals surface area contributed by atoms with Gasteiger partial charge in [0.2, 0.25) is 12.7 Å². The van der Waals surface area contributed by atoms with Gasteiger partial charge < -0.3 is 19.5 Å².